The number of Topliss-reactive ketones (excluding diaryl/α,β-unsaturated/α-hetero) is 1. The van der Waals surface area contributed by atoms with Gasteiger partial charge in [0.1, 0.15) is 6.61 Å². The molecule has 0 amide bonds. The lowest BCUT2D eigenvalue weighted by Crippen LogP contribution is -2.43. The summed E-state index contributed by atoms with van der Waals surface area (Å²) in [5.41, 5.74) is 0.0987. The molecular weight excluding hydrogens is 236 g/mol. The van der Waals surface area contributed by atoms with Crippen LogP contribution < -0.4 is 0 Å². The molecular formula is C13H22O3S. The average Bonchev–Trinajstić information content (AvgIpc) is 2.30. The Labute approximate surface area is 108 Å². The fourth-order valence-corrected chi connectivity index (χ4v) is 4.17. The predicted octanol–water partition coefficient (Wildman–Crippen LogP) is 2.28. The molecule has 0 saturated carbocycles. The lowest BCUT2D eigenvalue weighted by atomic mass is 9.80. The zero-order valence-corrected chi connectivity index (χ0v) is 11.4. The fourth-order valence-electron chi connectivity index (χ4n) is 2.94. The largest absolute Gasteiger partial charge is 0.377 e. The van der Waals surface area contributed by atoms with Crippen LogP contribution in [0.1, 0.15) is 32.1 Å². The van der Waals surface area contributed by atoms with E-state index in [0.717, 1.165) is 32.3 Å². The van der Waals surface area contributed by atoms with Gasteiger partial charge < -0.3 is 9.47 Å². The number of methoxy groups -OCH3 is 1. The van der Waals surface area contributed by atoms with Crippen LogP contribution in [0.4, 0.5) is 0 Å². The monoisotopic (exact) mass is 258 g/mol. The van der Waals surface area contributed by atoms with Gasteiger partial charge in [-0.2, -0.15) is 11.8 Å². The Morgan fingerprint density at radius 3 is 2.94 bits per heavy atom. The van der Waals surface area contributed by atoms with Crippen molar-refractivity contribution in [1.29, 1.82) is 0 Å². The molecule has 0 aromatic rings. The van der Waals surface area contributed by atoms with Crippen molar-refractivity contribution in [2.75, 3.05) is 31.8 Å². The second-order valence-corrected chi connectivity index (χ2v) is 6.40. The van der Waals surface area contributed by atoms with Crippen LogP contribution in [-0.2, 0) is 14.3 Å². The van der Waals surface area contributed by atoms with Gasteiger partial charge in [0, 0.05) is 20.1 Å². The highest BCUT2D eigenvalue weighted by Crippen LogP contribution is 2.40. The maximum absolute atomic E-state index is 11.6. The van der Waals surface area contributed by atoms with Gasteiger partial charge in [0.2, 0.25) is 0 Å². The number of ether oxygens (including phenoxy) is 2. The van der Waals surface area contributed by atoms with E-state index in [0.29, 0.717) is 12.3 Å². The zero-order valence-electron chi connectivity index (χ0n) is 10.6. The minimum atomic E-state index is 0.0987. The summed E-state index contributed by atoms with van der Waals surface area (Å²) in [5.74, 6) is 3.16. The van der Waals surface area contributed by atoms with Crippen molar-refractivity contribution in [1.82, 2.24) is 0 Å². The minimum Gasteiger partial charge on any atom is -0.377 e. The third kappa shape index (κ3) is 3.70. The molecule has 2 aliphatic heterocycles. The zero-order chi connectivity index (χ0) is 12.1. The SMILES string of the molecule is COCC(=O)CC1CCOC2(CCSCC2)C1. The number of carbonyl (C=O) groups excluding carboxylic acids is 1. The molecule has 0 N–H and O–H groups in total. The summed E-state index contributed by atoms with van der Waals surface area (Å²) < 4.78 is 10.9. The maximum atomic E-state index is 11.6. The number of hydrogen-bond acceptors (Lipinski definition) is 4. The molecule has 4 heteroatoms. The molecule has 2 fully saturated rings. The van der Waals surface area contributed by atoms with Crippen LogP contribution in [0.3, 0.4) is 0 Å². The molecule has 98 valence electrons. The molecule has 2 rings (SSSR count). The van der Waals surface area contributed by atoms with Crippen molar-refractivity contribution in [2.24, 2.45) is 5.92 Å². The Hall–Kier alpha value is -0.0600. The average molecular weight is 258 g/mol. The van der Waals surface area contributed by atoms with Crippen molar-refractivity contribution in [3.8, 4) is 0 Å². The van der Waals surface area contributed by atoms with E-state index >= 15 is 0 Å². The fraction of sp³-hybridized carbons (Fsp3) is 0.923. The predicted molar refractivity (Wildman–Crippen MR) is 69.5 cm³/mol. The molecule has 0 aromatic carbocycles. The van der Waals surface area contributed by atoms with Gasteiger partial charge in [-0.3, -0.25) is 4.79 Å². The molecule has 3 nitrogen and oxygen atoms in total. The van der Waals surface area contributed by atoms with Crippen LogP contribution >= 0.6 is 11.8 Å². The highest BCUT2D eigenvalue weighted by Gasteiger charge is 2.38. The third-order valence-corrected chi connectivity index (χ3v) is 4.81. The van der Waals surface area contributed by atoms with Gasteiger partial charge in [-0.25, -0.2) is 0 Å². The third-order valence-electron chi connectivity index (χ3n) is 3.82. The van der Waals surface area contributed by atoms with Gasteiger partial charge >= 0.3 is 0 Å². The first-order valence-electron chi connectivity index (χ1n) is 6.46. The first kappa shape index (κ1) is 13.4. The molecule has 0 aliphatic carbocycles. The smallest absolute Gasteiger partial charge is 0.158 e. The Morgan fingerprint density at radius 1 is 1.47 bits per heavy atom. The summed E-state index contributed by atoms with van der Waals surface area (Å²) in [4.78, 5) is 11.6. The quantitative estimate of drug-likeness (QED) is 0.775. The Bertz CT molecular complexity index is 256. The van der Waals surface area contributed by atoms with Gasteiger partial charge in [0.25, 0.3) is 0 Å². The number of hydrogen-bond donors (Lipinski definition) is 0. The van der Waals surface area contributed by atoms with E-state index in [1.54, 1.807) is 7.11 Å². The van der Waals surface area contributed by atoms with E-state index in [9.17, 15) is 4.79 Å². The van der Waals surface area contributed by atoms with Crippen LogP contribution in [0.2, 0.25) is 0 Å². The molecule has 0 aromatic heterocycles. The van der Waals surface area contributed by atoms with Gasteiger partial charge in [0.15, 0.2) is 5.78 Å². The summed E-state index contributed by atoms with van der Waals surface area (Å²) in [6.07, 6.45) is 5.10. The van der Waals surface area contributed by atoms with Gasteiger partial charge in [-0.1, -0.05) is 0 Å². The van der Waals surface area contributed by atoms with E-state index in [1.165, 1.54) is 11.5 Å². The normalized spacial score (nSPS) is 28.2. The minimum absolute atomic E-state index is 0.0987. The summed E-state index contributed by atoms with van der Waals surface area (Å²) >= 11 is 2.02. The number of carbonyl (C=O) groups is 1. The van der Waals surface area contributed by atoms with Crippen molar-refractivity contribution < 1.29 is 14.3 Å². The van der Waals surface area contributed by atoms with Crippen molar-refractivity contribution in [3.63, 3.8) is 0 Å². The van der Waals surface area contributed by atoms with E-state index in [-0.39, 0.29) is 18.0 Å². The topological polar surface area (TPSA) is 35.5 Å². The molecule has 2 saturated heterocycles. The lowest BCUT2D eigenvalue weighted by molar-refractivity contribution is -0.129. The van der Waals surface area contributed by atoms with Gasteiger partial charge in [-0.15, -0.1) is 0 Å². The maximum Gasteiger partial charge on any atom is 0.158 e. The molecule has 1 spiro atoms. The van der Waals surface area contributed by atoms with Crippen LogP contribution in [-0.4, -0.2) is 43.2 Å². The molecule has 1 atom stereocenters. The van der Waals surface area contributed by atoms with Crippen molar-refractivity contribution in [3.05, 3.63) is 0 Å². The highest BCUT2D eigenvalue weighted by atomic mass is 32.2. The first-order valence-corrected chi connectivity index (χ1v) is 7.62. The lowest BCUT2D eigenvalue weighted by Gasteiger charge is -2.43. The number of rotatable bonds is 4. The van der Waals surface area contributed by atoms with Crippen LogP contribution in [0, 0.1) is 5.92 Å². The Morgan fingerprint density at radius 2 is 2.24 bits per heavy atom. The molecule has 0 radical (unpaired) electrons. The van der Waals surface area contributed by atoms with E-state index in [1.807, 2.05) is 11.8 Å². The van der Waals surface area contributed by atoms with Crippen LogP contribution in [0.25, 0.3) is 0 Å². The summed E-state index contributed by atoms with van der Waals surface area (Å²) in [7, 11) is 1.59. The van der Waals surface area contributed by atoms with E-state index in [2.05, 4.69) is 0 Å². The Balaban J connectivity index is 1.85. The van der Waals surface area contributed by atoms with E-state index in [4.69, 9.17) is 9.47 Å². The number of thioether (sulfide) groups is 1. The summed E-state index contributed by atoms with van der Waals surface area (Å²) in [6, 6.07) is 0. The second-order valence-electron chi connectivity index (χ2n) is 5.18. The summed E-state index contributed by atoms with van der Waals surface area (Å²) in [5, 5.41) is 0. The van der Waals surface area contributed by atoms with Gasteiger partial charge in [0.05, 0.1) is 5.60 Å². The van der Waals surface area contributed by atoms with E-state index < -0.39 is 0 Å². The molecule has 2 heterocycles. The molecule has 1 unspecified atom stereocenters. The van der Waals surface area contributed by atoms with Crippen molar-refractivity contribution >= 4 is 17.5 Å². The van der Waals surface area contributed by atoms with Crippen LogP contribution in [0.5, 0.6) is 0 Å². The molecule has 2 aliphatic rings. The van der Waals surface area contributed by atoms with Gasteiger partial charge in [-0.05, 0) is 43.1 Å². The highest BCUT2D eigenvalue weighted by molar-refractivity contribution is 7.99. The van der Waals surface area contributed by atoms with Crippen LogP contribution in [0.15, 0.2) is 0 Å². The number of ketones is 1. The standard InChI is InChI=1S/C13H22O3S/c1-15-10-12(14)8-11-2-5-16-13(9-11)3-6-17-7-4-13/h11H,2-10H2,1H3. The first-order chi connectivity index (χ1) is 8.24. The summed E-state index contributed by atoms with van der Waals surface area (Å²) in [6.45, 7) is 1.09. The Kier molecular flexibility index (Phi) is 4.88. The van der Waals surface area contributed by atoms with Crippen molar-refractivity contribution in [2.45, 2.75) is 37.7 Å². The molecule has 17 heavy (non-hydrogen) atoms. The molecule has 0 bridgehead atoms. The second kappa shape index (κ2) is 6.21.